The van der Waals surface area contributed by atoms with Crippen LogP contribution in [0.3, 0.4) is 0 Å². The van der Waals surface area contributed by atoms with Crippen molar-refractivity contribution >= 4 is 17.7 Å². The fourth-order valence-corrected chi connectivity index (χ4v) is 3.19. The molecule has 1 unspecified atom stereocenters. The Balaban J connectivity index is 2.09. The van der Waals surface area contributed by atoms with Crippen molar-refractivity contribution < 1.29 is 4.79 Å². The van der Waals surface area contributed by atoms with Gasteiger partial charge in [0.2, 0.25) is 5.91 Å². The number of nitrogens with zero attached hydrogens (tertiary/aromatic N) is 2. The van der Waals surface area contributed by atoms with Crippen molar-refractivity contribution in [2.45, 2.75) is 56.0 Å². The lowest BCUT2D eigenvalue weighted by atomic mass is 10.2. The second-order valence-electron chi connectivity index (χ2n) is 4.71. The third-order valence-electron chi connectivity index (χ3n) is 3.19. The van der Waals surface area contributed by atoms with Crippen LogP contribution in [0.15, 0.2) is 9.95 Å². The van der Waals surface area contributed by atoms with Crippen molar-refractivity contribution in [3.8, 4) is 0 Å². The van der Waals surface area contributed by atoms with E-state index in [-0.39, 0.29) is 16.8 Å². The lowest BCUT2D eigenvalue weighted by Crippen LogP contribution is -2.31. The van der Waals surface area contributed by atoms with E-state index in [4.69, 9.17) is 0 Å². The van der Waals surface area contributed by atoms with Crippen molar-refractivity contribution in [1.82, 2.24) is 20.1 Å². The van der Waals surface area contributed by atoms with Crippen LogP contribution in [-0.4, -0.2) is 32.5 Å². The van der Waals surface area contributed by atoms with Crippen LogP contribution in [-0.2, 0) is 11.3 Å². The summed E-state index contributed by atoms with van der Waals surface area (Å²) < 4.78 is 1.63. The van der Waals surface area contributed by atoms with E-state index >= 15 is 0 Å². The number of nitrogens with one attached hydrogen (secondary N) is 2. The number of carbonyl (C=O) groups excluding carboxylic acids is 1. The molecule has 2 rings (SSSR count). The van der Waals surface area contributed by atoms with Crippen LogP contribution in [0.1, 0.15) is 39.0 Å². The van der Waals surface area contributed by atoms with Crippen LogP contribution in [0, 0.1) is 0 Å². The number of carbonyl (C=O) groups is 1. The van der Waals surface area contributed by atoms with Gasteiger partial charge in [0, 0.05) is 13.1 Å². The second kappa shape index (κ2) is 6.79. The van der Waals surface area contributed by atoms with Crippen molar-refractivity contribution in [3.63, 3.8) is 0 Å². The predicted octanol–water partition coefficient (Wildman–Crippen LogP) is 1.13. The molecule has 1 atom stereocenters. The number of H-pyrrole nitrogens is 1. The molecule has 6 nitrogen and oxygen atoms in total. The molecule has 1 fully saturated rings. The van der Waals surface area contributed by atoms with Gasteiger partial charge in [-0.15, -0.1) is 5.10 Å². The Kier molecular flexibility index (Phi) is 5.07. The van der Waals surface area contributed by atoms with E-state index in [0.717, 1.165) is 38.6 Å². The molecule has 0 aliphatic carbocycles. The minimum absolute atomic E-state index is 0.0555. The molecule has 106 valence electrons. The molecule has 1 aliphatic heterocycles. The molecule has 1 aromatic heterocycles. The Bertz CT molecular complexity index is 482. The molecule has 1 saturated heterocycles. The maximum atomic E-state index is 11.9. The summed E-state index contributed by atoms with van der Waals surface area (Å²) in [6, 6.07) is 0. The van der Waals surface area contributed by atoms with Gasteiger partial charge in [-0.25, -0.2) is 9.89 Å². The molecule has 0 aromatic carbocycles. The van der Waals surface area contributed by atoms with Crippen molar-refractivity contribution in [2.75, 3.05) is 6.54 Å². The Labute approximate surface area is 116 Å². The van der Waals surface area contributed by atoms with E-state index in [2.05, 4.69) is 22.4 Å². The number of amides is 1. The molecule has 2 heterocycles. The Morgan fingerprint density at radius 2 is 2.26 bits per heavy atom. The molecule has 1 aromatic rings. The van der Waals surface area contributed by atoms with Gasteiger partial charge >= 0.3 is 5.69 Å². The number of unbranched alkanes of at least 4 members (excludes halogenated alkanes) is 1. The van der Waals surface area contributed by atoms with Crippen LogP contribution < -0.4 is 11.0 Å². The van der Waals surface area contributed by atoms with Gasteiger partial charge in [0.25, 0.3) is 0 Å². The molecule has 19 heavy (non-hydrogen) atoms. The first-order chi connectivity index (χ1) is 9.22. The summed E-state index contributed by atoms with van der Waals surface area (Å²) >= 11 is 1.39. The summed E-state index contributed by atoms with van der Waals surface area (Å²) in [7, 11) is 0. The second-order valence-corrected chi connectivity index (χ2v) is 5.88. The lowest BCUT2D eigenvalue weighted by molar-refractivity contribution is -0.120. The summed E-state index contributed by atoms with van der Waals surface area (Å²) in [6.45, 7) is 3.48. The first kappa shape index (κ1) is 14.2. The summed E-state index contributed by atoms with van der Waals surface area (Å²) in [4.78, 5) is 23.6. The highest BCUT2D eigenvalue weighted by molar-refractivity contribution is 8.00. The molecule has 0 spiro atoms. The zero-order valence-electron chi connectivity index (χ0n) is 11.1. The number of aromatic nitrogens is 3. The number of rotatable bonds is 5. The average molecular weight is 284 g/mol. The van der Waals surface area contributed by atoms with Gasteiger partial charge < -0.3 is 5.32 Å². The quantitative estimate of drug-likeness (QED) is 0.849. The van der Waals surface area contributed by atoms with Crippen LogP contribution in [0.4, 0.5) is 0 Å². The zero-order valence-corrected chi connectivity index (χ0v) is 12.0. The highest BCUT2D eigenvalue weighted by Crippen LogP contribution is 2.25. The molecular weight excluding hydrogens is 264 g/mol. The minimum Gasteiger partial charge on any atom is -0.355 e. The molecule has 0 bridgehead atoms. The Hall–Kier alpha value is -1.24. The van der Waals surface area contributed by atoms with E-state index in [1.165, 1.54) is 11.8 Å². The van der Waals surface area contributed by atoms with Crippen LogP contribution >= 0.6 is 11.8 Å². The fraction of sp³-hybridized carbons (Fsp3) is 0.750. The Morgan fingerprint density at radius 3 is 3.05 bits per heavy atom. The first-order valence-corrected chi connectivity index (χ1v) is 7.70. The van der Waals surface area contributed by atoms with E-state index in [1.54, 1.807) is 4.57 Å². The molecule has 2 N–H and O–H groups in total. The molecule has 1 amide bonds. The lowest BCUT2D eigenvalue weighted by Gasteiger charge is -2.12. The molecule has 7 heteroatoms. The van der Waals surface area contributed by atoms with E-state index in [9.17, 15) is 9.59 Å². The SMILES string of the molecule is CCCCn1c(SC2CCCCNC2=O)n[nH]c1=O. The predicted molar refractivity (Wildman–Crippen MR) is 74.3 cm³/mol. The molecule has 1 aliphatic rings. The van der Waals surface area contributed by atoms with Gasteiger partial charge in [-0.2, -0.15) is 0 Å². The van der Waals surface area contributed by atoms with Crippen molar-refractivity contribution in [3.05, 3.63) is 10.5 Å². The van der Waals surface area contributed by atoms with Gasteiger partial charge in [-0.1, -0.05) is 31.5 Å². The first-order valence-electron chi connectivity index (χ1n) is 6.82. The smallest absolute Gasteiger partial charge is 0.343 e. The maximum absolute atomic E-state index is 11.9. The third kappa shape index (κ3) is 3.62. The van der Waals surface area contributed by atoms with Gasteiger partial charge in [0.15, 0.2) is 5.16 Å². The third-order valence-corrected chi connectivity index (χ3v) is 4.45. The highest BCUT2D eigenvalue weighted by atomic mass is 32.2. The average Bonchev–Trinajstić information content (AvgIpc) is 2.61. The Morgan fingerprint density at radius 1 is 1.42 bits per heavy atom. The van der Waals surface area contributed by atoms with Gasteiger partial charge in [0.1, 0.15) is 0 Å². The summed E-state index contributed by atoms with van der Waals surface area (Å²) in [5.41, 5.74) is -0.190. The number of hydrogen-bond acceptors (Lipinski definition) is 4. The van der Waals surface area contributed by atoms with Gasteiger partial charge in [-0.3, -0.25) is 9.36 Å². The van der Waals surface area contributed by atoms with Crippen LogP contribution in [0.25, 0.3) is 0 Å². The number of hydrogen-bond donors (Lipinski definition) is 2. The largest absolute Gasteiger partial charge is 0.355 e. The normalized spacial score (nSPS) is 20.1. The fourth-order valence-electron chi connectivity index (χ4n) is 2.06. The van der Waals surface area contributed by atoms with Crippen molar-refractivity contribution in [1.29, 1.82) is 0 Å². The number of aromatic amines is 1. The van der Waals surface area contributed by atoms with Crippen molar-refractivity contribution in [2.24, 2.45) is 0 Å². The highest BCUT2D eigenvalue weighted by Gasteiger charge is 2.24. The molecular formula is C12H20N4O2S. The van der Waals surface area contributed by atoms with Gasteiger partial charge in [-0.05, 0) is 19.3 Å². The van der Waals surface area contributed by atoms with E-state index in [0.29, 0.717) is 11.7 Å². The van der Waals surface area contributed by atoms with E-state index < -0.39 is 0 Å². The van der Waals surface area contributed by atoms with E-state index in [1.807, 2.05) is 0 Å². The molecule has 0 saturated carbocycles. The maximum Gasteiger partial charge on any atom is 0.343 e. The van der Waals surface area contributed by atoms with Crippen LogP contribution in [0.2, 0.25) is 0 Å². The topological polar surface area (TPSA) is 79.8 Å². The standard InChI is InChI=1S/C12H20N4O2S/c1-2-3-8-16-11(18)14-15-12(16)19-9-6-4-5-7-13-10(9)17/h9H,2-8H2,1H3,(H,13,17)(H,14,18). The molecule has 0 radical (unpaired) electrons. The van der Waals surface area contributed by atoms with Crippen LogP contribution in [0.5, 0.6) is 0 Å². The summed E-state index contributed by atoms with van der Waals surface area (Å²) in [5, 5.41) is 9.89. The summed E-state index contributed by atoms with van der Waals surface area (Å²) in [6.07, 6.45) is 4.84. The zero-order chi connectivity index (χ0) is 13.7. The minimum atomic E-state index is -0.190. The summed E-state index contributed by atoms with van der Waals surface area (Å²) in [5.74, 6) is 0.0555. The van der Waals surface area contributed by atoms with Gasteiger partial charge in [0.05, 0.1) is 5.25 Å². The number of thioether (sulfide) groups is 1. The monoisotopic (exact) mass is 284 g/mol.